The Morgan fingerprint density at radius 1 is 1.38 bits per heavy atom. The topological polar surface area (TPSA) is 117 Å². The van der Waals surface area contributed by atoms with E-state index < -0.39 is 11.9 Å². The monoisotopic (exact) mass is 315 g/mol. The molecule has 0 bridgehead atoms. The van der Waals surface area contributed by atoms with E-state index in [1.165, 1.54) is 12.1 Å². The average molecular weight is 316 g/mol. The molecule has 1 amide bonds. The highest BCUT2D eigenvalue weighted by Crippen LogP contribution is 2.29. The van der Waals surface area contributed by atoms with Crippen LogP contribution < -0.4 is 16.8 Å². The molecule has 0 fully saturated rings. The fourth-order valence-corrected chi connectivity index (χ4v) is 1.89. The average Bonchev–Trinajstić information content (AvgIpc) is 2.39. The molecule has 0 radical (unpaired) electrons. The first-order valence-corrected chi connectivity index (χ1v) is 6.69. The van der Waals surface area contributed by atoms with E-state index in [1.54, 1.807) is 6.92 Å². The van der Waals surface area contributed by atoms with Crippen molar-refractivity contribution in [2.24, 2.45) is 5.73 Å². The van der Waals surface area contributed by atoms with E-state index in [0.29, 0.717) is 22.9 Å². The third kappa shape index (κ3) is 5.49. The highest BCUT2D eigenvalue weighted by molar-refractivity contribution is 6.34. The van der Waals surface area contributed by atoms with Gasteiger partial charge in [0, 0.05) is 12.2 Å². The van der Waals surface area contributed by atoms with Crippen LogP contribution >= 0.6 is 11.6 Å². The molecule has 0 heterocycles. The number of ether oxygens (including phenoxy) is 2. The van der Waals surface area contributed by atoms with Gasteiger partial charge in [-0.3, -0.25) is 4.79 Å². The van der Waals surface area contributed by atoms with Crippen LogP contribution in [-0.2, 0) is 14.3 Å². The Kier molecular flexibility index (Phi) is 6.77. The summed E-state index contributed by atoms with van der Waals surface area (Å²) in [6.07, 6.45) is 0. The molecule has 1 aromatic rings. The van der Waals surface area contributed by atoms with E-state index in [9.17, 15) is 9.59 Å². The van der Waals surface area contributed by atoms with Crippen LogP contribution in [0.1, 0.15) is 17.3 Å². The van der Waals surface area contributed by atoms with Gasteiger partial charge < -0.3 is 26.3 Å². The smallest absolute Gasteiger partial charge is 0.340 e. The summed E-state index contributed by atoms with van der Waals surface area (Å²) in [4.78, 5) is 22.4. The van der Waals surface area contributed by atoms with Crippen LogP contribution in [0.4, 0.5) is 11.4 Å². The van der Waals surface area contributed by atoms with Gasteiger partial charge in [-0.25, -0.2) is 4.79 Å². The fourth-order valence-electron chi connectivity index (χ4n) is 1.60. The lowest BCUT2D eigenvalue weighted by atomic mass is 10.1. The number of esters is 1. The first-order chi connectivity index (χ1) is 9.95. The van der Waals surface area contributed by atoms with Gasteiger partial charge >= 0.3 is 5.97 Å². The molecule has 1 aromatic carbocycles. The predicted molar refractivity (Wildman–Crippen MR) is 80.3 cm³/mol. The third-order valence-corrected chi connectivity index (χ3v) is 2.70. The van der Waals surface area contributed by atoms with Gasteiger partial charge in [0.15, 0.2) is 0 Å². The SMILES string of the molecule is CCOC(=O)c1cc(N)cc(Cl)c1NCCOCC(N)=O. The largest absolute Gasteiger partial charge is 0.462 e. The number of nitrogen functional groups attached to an aromatic ring is 1. The lowest BCUT2D eigenvalue weighted by molar-refractivity contribution is -0.122. The molecule has 0 aliphatic carbocycles. The van der Waals surface area contributed by atoms with E-state index in [1.807, 2.05) is 0 Å². The molecule has 0 unspecified atom stereocenters. The number of carbonyl (C=O) groups is 2. The highest BCUT2D eigenvalue weighted by atomic mass is 35.5. The second-order valence-corrected chi connectivity index (χ2v) is 4.50. The number of carbonyl (C=O) groups excluding carboxylic acids is 2. The molecule has 0 aromatic heterocycles. The zero-order valence-corrected chi connectivity index (χ0v) is 12.4. The summed E-state index contributed by atoms with van der Waals surface area (Å²) in [6.45, 7) is 2.35. The number of hydrogen-bond acceptors (Lipinski definition) is 6. The summed E-state index contributed by atoms with van der Waals surface area (Å²) < 4.78 is 9.96. The van der Waals surface area contributed by atoms with Crippen LogP contribution in [0, 0.1) is 0 Å². The summed E-state index contributed by atoms with van der Waals surface area (Å²) in [5.74, 6) is -1.07. The molecule has 0 saturated heterocycles. The number of benzene rings is 1. The maximum absolute atomic E-state index is 11.9. The summed E-state index contributed by atoms with van der Waals surface area (Å²) in [7, 11) is 0. The Bertz CT molecular complexity index is 522. The van der Waals surface area contributed by atoms with E-state index in [4.69, 9.17) is 32.5 Å². The maximum atomic E-state index is 11.9. The molecule has 0 aliphatic rings. The van der Waals surface area contributed by atoms with Crippen molar-refractivity contribution in [2.45, 2.75) is 6.92 Å². The van der Waals surface area contributed by atoms with Gasteiger partial charge in [0.1, 0.15) is 6.61 Å². The zero-order chi connectivity index (χ0) is 15.8. The summed E-state index contributed by atoms with van der Waals surface area (Å²) >= 11 is 6.08. The van der Waals surface area contributed by atoms with Gasteiger partial charge in [0.2, 0.25) is 5.91 Å². The van der Waals surface area contributed by atoms with Crippen molar-refractivity contribution in [2.75, 3.05) is 37.4 Å². The molecule has 5 N–H and O–H groups in total. The summed E-state index contributed by atoms with van der Waals surface area (Å²) in [5, 5.41) is 3.26. The first kappa shape index (κ1) is 17.1. The van der Waals surface area contributed by atoms with Crippen molar-refractivity contribution in [3.63, 3.8) is 0 Å². The second-order valence-electron chi connectivity index (χ2n) is 4.09. The molecular formula is C13H18ClN3O4. The second kappa shape index (κ2) is 8.33. The Balaban J connectivity index is 2.75. The van der Waals surface area contributed by atoms with Crippen LogP contribution in [0.15, 0.2) is 12.1 Å². The Hall–Kier alpha value is -1.99. The quantitative estimate of drug-likeness (QED) is 0.374. The lowest BCUT2D eigenvalue weighted by Gasteiger charge is -2.14. The lowest BCUT2D eigenvalue weighted by Crippen LogP contribution is -2.21. The van der Waals surface area contributed by atoms with Gasteiger partial charge in [-0.1, -0.05) is 11.6 Å². The van der Waals surface area contributed by atoms with E-state index >= 15 is 0 Å². The van der Waals surface area contributed by atoms with E-state index in [0.717, 1.165) is 0 Å². The van der Waals surface area contributed by atoms with Crippen molar-refractivity contribution >= 4 is 34.9 Å². The van der Waals surface area contributed by atoms with Gasteiger partial charge in [-0.15, -0.1) is 0 Å². The standard InChI is InChI=1S/C13H18ClN3O4/c1-2-21-13(19)9-5-8(15)6-10(14)12(9)17-3-4-20-7-11(16)18/h5-6,17H,2-4,7,15H2,1H3,(H2,16,18). The Morgan fingerprint density at radius 3 is 2.71 bits per heavy atom. The summed E-state index contributed by atoms with van der Waals surface area (Å²) in [5.41, 5.74) is 11.6. The molecule has 0 atom stereocenters. The number of anilines is 2. The van der Waals surface area contributed by atoms with Gasteiger partial charge in [-0.05, 0) is 19.1 Å². The minimum Gasteiger partial charge on any atom is -0.462 e. The predicted octanol–water partition coefficient (Wildman–Crippen LogP) is 1.01. The Labute approximate surface area is 127 Å². The molecule has 0 spiro atoms. The van der Waals surface area contributed by atoms with Crippen LogP contribution in [0.25, 0.3) is 0 Å². The van der Waals surface area contributed by atoms with E-state index in [2.05, 4.69) is 5.32 Å². The summed E-state index contributed by atoms with van der Waals surface area (Å²) in [6, 6.07) is 3.01. The number of primary amides is 1. The molecule has 8 heteroatoms. The normalized spacial score (nSPS) is 10.2. The third-order valence-electron chi connectivity index (χ3n) is 2.40. The van der Waals surface area contributed by atoms with Gasteiger partial charge in [0.05, 0.1) is 29.5 Å². The van der Waals surface area contributed by atoms with Crippen LogP contribution in [0.3, 0.4) is 0 Å². The van der Waals surface area contributed by atoms with Crippen molar-refractivity contribution < 1.29 is 19.1 Å². The minimum absolute atomic E-state index is 0.165. The molecule has 0 aliphatic heterocycles. The number of amides is 1. The van der Waals surface area contributed by atoms with Gasteiger partial charge in [0.25, 0.3) is 0 Å². The first-order valence-electron chi connectivity index (χ1n) is 6.31. The number of hydrogen-bond donors (Lipinski definition) is 3. The molecule has 0 saturated carbocycles. The van der Waals surface area contributed by atoms with Crippen molar-refractivity contribution in [1.82, 2.24) is 0 Å². The fraction of sp³-hybridized carbons (Fsp3) is 0.385. The molecule has 116 valence electrons. The molecule has 7 nitrogen and oxygen atoms in total. The van der Waals surface area contributed by atoms with Crippen LogP contribution in [0.2, 0.25) is 5.02 Å². The number of nitrogens with two attached hydrogens (primary N) is 2. The number of halogens is 1. The molecular weight excluding hydrogens is 298 g/mol. The number of rotatable bonds is 8. The maximum Gasteiger partial charge on any atom is 0.340 e. The van der Waals surface area contributed by atoms with Crippen molar-refractivity contribution in [3.05, 3.63) is 22.7 Å². The van der Waals surface area contributed by atoms with Crippen molar-refractivity contribution in [3.8, 4) is 0 Å². The van der Waals surface area contributed by atoms with E-state index in [-0.39, 0.29) is 25.4 Å². The van der Waals surface area contributed by atoms with Crippen molar-refractivity contribution in [1.29, 1.82) is 0 Å². The zero-order valence-electron chi connectivity index (χ0n) is 11.6. The minimum atomic E-state index is -0.548. The highest BCUT2D eigenvalue weighted by Gasteiger charge is 2.16. The number of nitrogens with one attached hydrogen (secondary N) is 1. The van der Waals surface area contributed by atoms with Crippen LogP contribution in [0.5, 0.6) is 0 Å². The van der Waals surface area contributed by atoms with Crippen LogP contribution in [-0.4, -0.2) is 38.2 Å². The Morgan fingerprint density at radius 2 is 2.10 bits per heavy atom. The molecule has 1 rings (SSSR count). The van der Waals surface area contributed by atoms with Gasteiger partial charge in [-0.2, -0.15) is 0 Å². The molecule has 21 heavy (non-hydrogen) atoms.